The van der Waals surface area contributed by atoms with Gasteiger partial charge in [-0.15, -0.1) is 11.3 Å². The Morgan fingerprint density at radius 3 is 2.65 bits per heavy atom. The van der Waals surface area contributed by atoms with Crippen LogP contribution in [0.3, 0.4) is 0 Å². The van der Waals surface area contributed by atoms with E-state index >= 15 is 0 Å². The number of thiophene rings is 1. The van der Waals surface area contributed by atoms with E-state index in [1.54, 1.807) is 0 Å². The molecule has 2 heterocycles. The van der Waals surface area contributed by atoms with Crippen molar-refractivity contribution in [2.75, 3.05) is 19.8 Å². The van der Waals surface area contributed by atoms with Crippen LogP contribution in [0.1, 0.15) is 41.1 Å². The molecule has 0 aromatic carbocycles. The van der Waals surface area contributed by atoms with E-state index in [4.69, 9.17) is 4.74 Å². The van der Waals surface area contributed by atoms with Crippen LogP contribution in [0.25, 0.3) is 0 Å². The van der Waals surface area contributed by atoms with Crippen LogP contribution >= 0.6 is 11.3 Å². The van der Waals surface area contributed by atoms with Crippen molar-refractivity contribution >= 4 is 11.3 Å². The van der Waals surface area contributed by atoms with Crippen LogP contribution in [0.4, 0.5) is 0 Å². The zero-order valence-electron chi connectivity index (χ0n) is 11.1. The normalized spacial score (nSPS) is 19.5. The van der Waals surface area contributed by atoms with Crippen molar-refractivity contribution in [3.05, 3.63) is 21.4 Å². The van der Waals surface area contributed by atoms with E-state index in [0.717, 1.165) is 25.7 Å². The zero-order valence-corrected chi connectivity index (χ0v) is 11.9. The van der Waals surface area contributed by atoms with Gasteiger partial charge >= 0.3 is 0 Å². The average molecular weight is 253 g/mol. The summed E-state index contributed by atoms with van der Waals surface area (Å²) in [4.78, 5) is 2.96. The molecule has 1 atom stereocenters. The third kappa shape index (κ3) is 3.09. The second kappa shape index (κ2) is 5.98. The molecule has 3 heteroatoms. The lowest BCUT2D eigenvalue weighted by molar-refractivity contribution is 0.0542. The molecule has 0 amide bonds. The molecule has 0 spiro atoms. The highest BCUT2D eigenvalue weighted by molar-refractivity contribution is 7.12. The summed E-state index contributed by atoms with van der Waals surface area (Å²) >= 11 is 1.95. The summed E-state index contributed by atoms with van der Waals surface area (Å²) in [6.07, 6.45) is 2.38. The fourth-order valence-corrected chi connectivity index (χ4v) is 3.74. The number of hydrogen-bond donors (Lipinski definition) is 1. The van der Waals surface area contributed by atoms with E-state index in [2.05, 4.69) is 32.2 Å². The van der Waals surface area contributed by atoms with Crippen LogP contribution in [0.2, 0.25) is 0 Å². The molecule has 96 valence electrons. The standard InChI is InChI=1S/C14H23NOS/c1-4-15-14(12-5-7-16-8-6-12)13-9-10(2)11(3)17-13/h9,12,14-15H,4-8H2,1-3H3. The Morgan fingerprint density at radius 2 is 2.12 bits per heavy atom. The summed E-state index contributed by atoms with van der Waals surface area (Å²) in [5.74, 6) is 0.737. The SMILES string of the molecule is CCNC(c1cc(C)c(C)s1)C1CCOCC1. The Balaban J connectivity index is 2.15. The van der Waals surface area contributed by atoms with E-state index in [-0.39, 0.29) is 0 Å². The summed E-state index contributed by atoms with van der Waals surface area (Å²) in [6, 6.07) is 2.89. The van der Waals surface area contributed by atoms with Gasteiger partial charge in [0.05, 0.1) is 0 Å². The third-order valence-electron chi connectivity index (χ3n) is 3.65. The maximum Gasteiger partial charge on any atom is 0.0469 e. The van der Waals surface area contributed by atoms with Gasteiger partial charge in [0.1, 0.15) is 0 Å². The molecule has 0 radical (unpaired) electrons. The van der Waals surface area contributed by atoms with Crippen LogP contribution in [0.5, 0.6) is 0 Å². The van der Waals surface area contributed by atoms with Gasteiger partial charge in [0.2, 0.25) is 0 Å². The van der Waals surface area contributed by atoms with Crippen molar-refractivity contribution in [1.29, 1.82) is 0 Å². The number of nitrogens with one attached hydrogen (secondary N) is 1. The van der Waals surface area contributed by atoms with Crippen molar-refractivity contribution in [3.63, 3.8) is 0 Å². The van der Waals surface area contributed by atoms with Gasteiger partial charge in [-0.2, -0.15) is 0 Å². The second-order valence-corrected chi connectivity index (χ2v) is 6.16. The van der Waals surface area contributed by atoms with E-state index in [9.17, 15) is 0 Å². The van der Waals surface area contributed by atoms with Crippen LogP contribution in [0.15, 0.2) is 6.07 Å². The first kappa shape index (κ1) is 13.1. The summed E-state index contributed by atoms with van der Waals surface area (Å²) in [6.45, 7) is 9.52. The molecule has 1 aromatic rings. The number of ether oxygens (including phenoxy) is 1. The highest BCUT2D eigenvalue weighted by Crippen LogP contribution is 2.35. The fourth-order valence-electron chi connectivity index (χ4n) is 2.52. The topological polar surface area (TPSA) is 21.3 Å². The first-order valence-electron chi connectivity index (χ1n) is 6.60. The lowest BCUT2D eigenvalue weighted by Gasteiger charge is -2.30. The molecule has 1 N–H and O–H groups in total. The molecule has 2 rings (SSSR count). The van der Waals surface area contributed by atoms with Crippen LogP contribution in [0, 0.1) is 19.8 Å². The van der Waals surface area contributed by atoms with E-state index in [0.29, 0.717) is 6.04 Å². The quantitative estimate of drug-likeness (QED) is 0.887. The van der Waals surface area contributed by atoms with Gasteiger partial charge in [-0.25, -0.2) is 0 Å². The van der Waals surface area contributed by atoms with Crippen molar-refractivity contribution in [3.8, 4) is 0 Å². The highest BCUT2D eigenvalue weighted by atomic mass is 32.1. The van der Waals surface area contributed by atoms with Gasteiger partial charge in [-0.1, -0.05) is 6.92 Å². The first-order valence-corrected chi connectivity index (χ1v) is 7.42. The number of hydrogen-bond acceptors (Lipinski definition) is 3. The van der Waals surface area contributed by atoms with Gasteiger partial charge in [-0.05, 0) is 50.8 Å². The van der Waals surface area contributed by atoms with Gasteiger partial charge in [0.25, 0.3) is 0 Å². The minimum atomic E-state index is 0.529. The predicted molar refractivity (Wildman–Crippen MR) is 73.8 cm³/mol. The molecule has 1 aliphatic heterocycles. The van der Waals surface area contributed by atoms with Gasteiger partial charge < -0.3 is 10.1 Å². The summed E-state index contributed by atoms with van der Waals surface area (Å²) in [7, 11) is 0. The average Bonchev–Trinajstić information content (AvgIpc) is 2.67. The molecule has 0 bridgehead atoms. The Bertz CT molecular complexity index is 336. The first-order chi connectivity index (χ1) is 8.22. The summed E-state index contributed by atoms with van der Waals surface area (Å²) < 4.78 is 5.47. The van der Waals surface area contributed by atoms with E-state index in [1.807, 2.05) is 11.3 Å². The predicted octanol–water partition coefficient (Wildman–Crippen LogP) is 3.44. The highest BCUT2D eigenvalue weighted by Gasteiger charge is 2.26. The molecule has 1 saturated heterocycles. The molecule has 0 saturated carbocycles. The zero-order chi connectivity index (χ0) is 12.3. The molecule has 1 aromatic heterocycles. The maximum atomic E-state index is 5.47. The Morgan fingerprint density at radius 1 is 1.41 bits per heavy atom. The molecule has 2 nitrogen and oxygen atoms in total. The van der Waals surface area contributed by atoms with Gasteiger partial charge in [-0.3, -0.25) is 0 Å². The van der Waals surface area contributed by atoms with Crippen molar-refractivity contribution in [2.45, 2.75) is 39.7 Å². The lowest BCUT2D eigenvalue weighted by atomic mass is 9.90. The minimum absolute atomic E-state index is 0.529. The fraction of sp³-hybridized carbons (Fsp3) is 0.714. The van der Waals surface area contributed by atoms with Crippen LogP contribution in [-0.2, 0) is 4.74 Å². The van der Waals surface area contributed by atoms with Gasteiger partial charge in [0, 0.05) is 29.0 Å². The maximum absolute atomic E-state index is 5.47. The monoisotopic (exact) mass is 253 g/mol. The van der Waals surface area contributed by atoms with Crippen LogP contribution in [-0.4, -0.2) is 19.8 Å². The van der Waals surface area contributed by atoms with Crippen molar-refractivity contribution in [1.82, 2.24) is 5.32 Å². The largest absolute Gasteiger partial charge is 0.381 e. The number of aryl methyl sites for hydroxylation is 2. The molecular weight excluding hydrogens is 230 g/mol. The minimum Gasteiger partial charge on any atom is -0.381 e. The molecule has 0 aliphatic carbocycles. The molecule has 1 fully saturated rings. The van der Waals surface area contributed by atoms with Crippen LogP contribution < -0.4 is 5.32 Å². The van der Waals surface area contributed by atoms with Crippen molar-refractivity contribution < 1.29 is 4.74 Å². The summed E-state index contributed by atoms with van der Waals surface area (Å²) in [5, 5.41) is 3.66. The molecule has 1 aliphatic rings. The Labute approximate surface area is 108 Å². The Kier molecular flexibility index (Phi) is 4.60. The van der Waals surface area contributed by atoms with E-state index in [1.165, 1.54) is 28.2 Å². The smallest absolute Gasteiger partial charge is 0.0469 e. The second-order valence-electron chi connectivity index (χ2n) is 4.87. The Hall–Kier alpha value is -0.380. The van der Waals surface area contributed by atoms with Gasteiger partial charge in [0.15, 0.2) is 0 Å². The number of rotatable bonds is 4. The lowest BCUT2D eigenvalue weighted by Crippen LogP contribution is -2.31. The molecular formula is C14H23NOS. The third-order valence-corrected chi connectivity index (χ3v) is 4.89. The van der Waals surface area contributed by atoms with Crippen molar-refractivity contribution in [2.24, 2.45) is 5.92 Å². The van der Waals surface area contributed by atoms with E-state index < -0.39 is 0 Å². The molecule has 1 unspecified atom stereocenters. The molecule has 17 heavy (non-hydrogen) atoms. The summed E-state index contributed by atoms with van der Waals surface area (Å²) in [5.41, 5.74) is 1.43.